The molecule has 0 saturated carbocycles. The summed E-state index contributed by atoms with van der Waals surface area (Å²) < 4.78 is 22.0. The van der Waals surface area contributed by atoms with Gasteiger partial charge in [-0.15, -0.1) is 0 Å². The molecular formula is C36H71N2O6P. The van der Waals surface area contributed by atoms with Gasteiger partial charge in [0.25, 0.3) is 0 Å². The highest BCUT2D eigenvalue weighted by Crippen LogP contribution is 2.43. The molecule has 0 spiro atoms. The molecule has 9 heteroatoms. The molecule has 0 aliphatic heterocycles. The number of aliphatic hydroxyl groups is 1. The summed E-state index contributed by atoms with van der Waals surface area (Å²) in [6, 6.07) is -0.886. The average Bonchev–Trinajstić information content (AvgIpc) is 3.02. The number of hydrogen-bond acceptors (Lipinski definition) is 6. The van der Waals surface area contributed by atoms with E-state index in [-0.39, 0.29) is 25.7 Å². The first-order valence-electron chi connectivity index (χ1n) is 18.5. The van der Waals surface area contributed by atoms with Crippen LogP contribution in [0.25, 0.3) is 0 Å². The molecule has 0 aromatic rings. The summed E-state index contributed by atoms with van der Waals surface area (Å²) in [4.78, 5) is 22.5. The normalized spacial score (nSPS) is 14.7. The molecule has 1 amide bonds. The quantitative estimate of drug-likeness (QED) is 0.0308. The Morgan fingerprint density at radius 1 is 0.733 bits per heavy atom. The Morgan fingerprint density at radius 2 is 1.20 bits per heavy atom. The average molecular weight is 659 g/mol. The van der Waals surface area contributed by atoms with E-state index < -0.39 is 20.0 Å². The Balaban J connectivity index is 4.34. The van der Waals surface area contributed by atoms with Gasteiger partial charge in [-0.25, -0.2) is 4.57 Å². The first-order chi connectivity index (χ1) is 21.9. The molecule has 0 radical (unpaired) electrons. The maximum absolute atomic E-state index is 12.7. The van der Waals surface area contributed by atoms with Crippen molar-refractivity contribution in [3.05, 3.63) is 24.3 Å². The third-order valence-electron chi connectivity index (χ3n) is 8.09. The van der Waals surface area contributed by atoms with Crippen molar-refractivity contribution in [3.8, 4) is 0 Å². The molecule has 8 nitrogen and oxygen atoms in total. The van der Waals surface area contributed by atoms with Gasteiger partial charge >= 0.3 is 7.82 Å². The van der Waals surface area contributed by atoms with E-state index >= 15 is 0 Å². The monoisotopic (exact) mass is 659 g/mol. The molecule has 0 heterocycles. The van der Waals surface area contributed by atoms with Gasteiger partial charge < -0.3 is 21.1 Å². The predicted octanol–water partition coefficient (Wildman–Crippen LogP) is 9.44. The van der Waals surface area contributed by atoms with E-state index in [1.807, 2.05) is 6.08 Å². The summed E-state index contributed by atoms with van der Waals surface area (Å²) in [7, 11) is -4.34. The van der Waals surface area contributed by atoms with E-state index in [1.165, 1.54) is 116 Å². The number of nitrogens with two attached hydrogens (primary N) is 1. The Labute approximate surface area is 277 Å². The van der Waals surface area contributed by atoms with Crippen LogP contribution >= 0.6 is 7.82 Å². The lowest BCUT2D eigenvalue weighted by Crippen LogP contribution is -2.45. The first-order valence-corrected chi connectivity index (χ1v) is 20.0. The zero-order valence-corrected chi connectivity index (χ0v) is 30.0. The maximum Gasteiger partial charge on any atom is 0.472 e. The summed E-state index contributed by atoms with van der Waals surface area (Å²) in [6.07, 6.45) is 35.2. The molecule has 266 valence electrons. The predicted molar refractivity (Wildman–Crippen MR) is 189 cm³/mol. The lowest BCUT2D eigenvalue weighted by molar-refractivity contribution is -0.123. The number of unbranched alkanes of at least 4 members (excludes halogenated alkanes) is 21. The summed E-state index contributed by atoms with van der Waals surface area (Å²) in [5.41, 5.74) is 5.34. The van der Waals surface area contributed by atoms with Crippen LogP contribution in [0.5, 0.6) is 0 Å². The van der Waals surface area contributed by atoms with E-state index in [9.17, 15) is 19.4 Å². The van der Waals surface area contributed by atoms with Gasteiger partial charge in [-0.1, -0.05) is 167 Å². The molecule has 0 bridgehead atoms. The molecule has 5 N–H and O–H groups in total. The Bertz CT molecular complexity index is 764. The van der Waals surface area contributed by atoms with Crippen molar-refractivity contribution >= 4 is 13.7 Å². The van der Waals surface area contributed by atoms with Crippen LogP contribution in [0, 0.1) is 0 Å². The second kappa shape index (κ2) is 32.9. The molecule has 0 aliphatic rings. The number of carbonyl (C=O) groups is 1. The van der Waals surface area contributed by atoms with Gasteiger partial charge in [-0.2, -0.15) is 0 Å². The van der Waals surface area contributed by atoms with E-state index in [2.05, 4.69) is 25.2 Å². The molecule has 0 aliphatic carbocycles. The van der Waals surface area contributed by atoms with Gasteiger partial charge in [0.05, 0.1) is 25.4 Å². The maximum atomic E-state index is 12.7. The number of hydrogen-bond donors (Lipinski definition) is 4. The SMILES string of the molecule is CCCCCCCCC/C=C/C=C/[C@@H](O)[C@H](COP(=O)(O)OCCN)NC(=O)CCCCCCCCCCCCCCCCC. The highest BCUT2D eigenvalue weighted by atomic mass is 31.2. The van der Waals surface area contributed by atoms with Crippen LogP contribution in [0.4, 0.5) is 0 Å². The van der Waals surface area contributed by atoms with Gasteiger partial charge in [0.15, 0.2) is 0 Å². The fraction of sp³-hybridized carbons (Fsp3) is 0.861. The lowest BCUT2D eigenvalue weighted by atomic mass is 10.0. The Kier molecular flexibility index (Phi) is 32.2. The third-order valence-corrected chi connectivity index (χ3v) is 9.07. The minimum absolute atomic E-state index is 0.0733. The lowest BCUT2D eigenvalue weighted by Gasteiger charge is -2.23. The van der Waals surface area contributed by atoms with Gasteiger partial charge in [0, 0.05) is 13.0 Å². The third kappa shape index (κ3) is 31.4. The van der Waals surface area contributed by atoms with Crippen LogP contribution in [0.3, 0.4) is 0 Å². The highest BCUT2D eigenvalue weighted by molar-refractivity contribution is 7.47. The van der Waals surface area contributed by atoms with Crippen molar-refractivity contribution in [3.63, 3.8) is 0 Å². The summed E-state index contributed by atoms with van der Waals surface area (Å²) >= 11 is 0. The van der Waals surface area contributed by atoms with Crippen molar-refractivity contribution in [2.45, 2.75) is 180 Å². The van der Waals surface area contributed by atoms with E-state index in [0.29, 0.717) is 6.42 Å². The van der Waals surface area contributed by atoms with E-state index in [0.717, 1.165) is 32.1 Å². The van der Waals surface area contributed by atoms with Crippen LogP contribution < -0.4 is 11.1 Å². The molecule has 45 heavy (non-hydrogen) atoms. The summed E-state index contributed by atoms with van der Waals surface area (Å²) in [6.45, 7) is 4.07. The zero-order chi connectivity index (χ0) is 33.3. The molecule has 0 fully saturated rings. The molecule has 0 rings (SSSR count). The smallest absolute Gasteiger partial charge is 0.387 e. The van der Waals surface area contributed by atoms with Gasteiger partial charge in [0.1, 0.15) is 0 Å². The molecule has 1 unspecified atom stereocenters. The standard InChI is InChI=1S/C36H71N2O6P/c1-3-5-7-9-11-13-15-16-17-18-20-22-24-26-28-30-36(40)38-34(33-44-45(41,42)43-32-31-37)35(39)29-27-25-23-21-19-14-12-10-8-6-4-2/h23,25,27,29,34-35,39H,3-22,24,26,28,30-33,37H2,1-2H3,(H,38,40)(H,41,42)/b25-23+,29-27+/t34-,35+/m0/s1. The minimum atomic E-state index is -4.34. The number of phosphoric acid groups is 1. The Hall–Kier alpha value is -1.02. The molecule has 0 saturated heterocycles. The number of carbonyl (C=O) groups excluding carboxylic acids is 1. The topological polar surface area (TPSA) is 131 Å². The van der Waals surface area contributed by atoms with Crippen molar-refractivity contribution in [1.82, 2.24) is 5.32 Å². The van der Waals surface area contributed by atoms with E-state index in [1.54, 1.807) is 12.2 Å². The van der Waals surface area contributed by atoms with Crippen LogP contribution in [-0.2, 0) is 18.4 Å². The van der Waals surface area contributed by atoms with Crippen LogP contribution in [-0.4, -0.2) is 47.8 Å². The minimum Gasteiger partial charge on any atom is -0.387 e. The van der Waals surface area contributed by atoms with Crippen LogP contribution in [0.1, 0.15) is 168 Å². The van der Waals surface area contributed by atoms with Crippen LogP contribution in [0.2, 0.25) is 0 Å². The van der Waals surface area contributed by atoms with Gasteiger partial charge in [-0.05, 0) is 19.3 Å². The molecule has 0 aromatic heterocycles. The summed E-state index contributed by atoms with van der Waals surface area (Å²) in [5.74, 6) is -0.212. The fourth-order valence-corrected chi connectivity index (χ4v) is 6.01. The number of allylic oxidation sites excluding steroid dienone is 3. The van der Waals surface area contributed by atoms with Crippen molar-refractivity contribution in [2.75, 3.05) is 19.8 Å². The second-order valence-electron chi connectivity index (χ2n) is 12.5. The number of phosphoric ester groups is 1. The fourth-order valence-electron chi connectivity index (χ4n) is 5.25. The molecule has 0 aromatic carbocycles. The second-order valence-corrected chi connectivity index (χ2v) is 13.9. The largest absolute Gasteiger partial charge is 0.472 e. The van der Waals surface area contributed by atoms with Crippen LogP contribution in [0.15, 0.2) is 24.3 Å². The number of aliphatic hydroxyl groups excluding tert-OH is 1. The first kappa shape index (κ1) is 44.0. The molecular weight excluding hydrogens is 587 g/mol. The zero-order valence-electron chi connectivity index (χ0n) is 29.1. The van der Waals surface area contributed by atoms with Crippen molar-refractivity contribution in [2.24, 2.45) is 5.73 Å². The number of nitrogens with one attached hydrogen (secondary N) is 1. The van der Waals surface area contributed by atoms with Crippen molar-refractivity contribution in [1.29, 1.82) is 0 Å². The van der Waals surface area contributed by atoms with E-state index in [4.69, 9.17) is 14.8 Å². The van der Waals surface area contributed by atoms with Gasteiger partial charge in [0.2, 0.25) is 5.91 Å². The van der Waals surface area contributed by atoms with Crippen molar-refractivity contribution < 1.29 is 28.4 Å². The highest BCUT2D eigenvalue weighted by Gasteiger charge is 2.26. The summed E-state index contributed by atoms with van der Waals surface area (Å²) in [5, 5.41) is 13.5. The molecule has 3 atom stereocenters. The number of rotatable bonds is 34. The Morgan fingerprint density at radius 3 is 1.69 bits per heavy atom. The van der Waals surface area contributed by atoms with Gasteiger partial charge in [-0.3, -0.25) is 13.8 Å². The number of amides is 1.